The van der Waals surface area contributed by atoms with Crippen LogP contribution in [0.15, 0.2) is 0 Å². The molecule has 0 amide bonds. The molecule has 10 heavy (non-hydrogen) atoms. The molecule has 0 radical (unpaired) electrons. The second kappa shape index (κ2) is 3.76. The molecule has 0 bridgehead atoms. The van der Waals surface area contributed by atoms with Crippen molar-refractivity contribution in [2.45, 2.75) is 13.3 Å². The zero-order chi connectivity index (χ0) is 8.15. The van der Waals surface area contributed by atoms with Crippen molar-refractivity contribution >= 4 is 17.4 Å². The van der Waals surface area contributed by atoms with Crippen molar-refractivity contribution < 1.29 is 9.53 Å². The number of methoxy groups -OCH3 is 1. The minimum absolute atomic E-state index is 0.0761. The van der Waals surface area contributed by atoms with Crippen LogP contribution in [0.25, 0.3) is 0 Å². The summed E-state index contributed by atoms with van der Waals surface area (Å²) in [6.45, 7) is 1.54. The van der Waals surface area contributed by atoms with E-state index in [1.165, 1.54) is 14.0 Å². The fourth-order valence-electron chi connectivity index (χ4n) is 0.461. The highest BCUT2D eigenvalue weighted by Gasteiger charge is 2.08. The lowest BCUT2D eigenvalue weighted by atomic mass is 10.2. The average molecular weight is 142 g/mol. The van der Waals surface area contributed by atoms with Crippen LogP contribution < -0.4 is 0 Å². The van der Waals surface area contributed by atoms with Gasteiger partial charge in [-0.2, -0.15) is 0 Å². The Hall–Kier alpha value is -1.19. The van der Waals surface area contributed by atoms with Gasteiger partial charge in [-0.3, -0.25) is 5.41 Å². The molecule has 0 aromatic rings. The molecule has 0 fully saturated rings. The molecule has 4 nitrogen and oxygen atoms in total. The zero-order valence-corrected chi connectivity index (χ0v) is 6.02. The van der Waals surface area contributed by atoms with Gasteiger partial charge in [0, 0.05) is 12.1 Å². The normalized spacial score (nSPS) is 8.60. The summed E-state index contributed by atoms with van der Waals surface area (Å²) in [5.74, 6) is -0.661. The molecular formula is C6H10N2O2. The largest absolute Gasteiger partial charge is 0.465 e. The third kappa shape index (κ3) is 2.96. The van der Waals surface area contributed by atoms with Crippen LogP contribution in [0.4, 0.5) is 0 Å². The van der Waals surface area contributed by atoms with E-state index < -0.39 is 5.97 Å². The molecule has 0 rings (SSSR count). The summed E-state index contributed by atoms with van der Waals surface area (Å²) in [4.78, 5) is 10.5. The lowest BCUT2D eigenvalue weighted by Gasteiger charge is -1.98. The van der Waals surface area contributed by atoms with Crippen LogP contribution in [0, 0.1) is 10.8 Å². The maximum atomic E-state index is 10.5. The van der Waals surface area contributed by atoms with Gasteiger partial charge in [0.05, 0.1) is 7.11 Å². The van der Waals surface area contributed by atoms with E-state index in [1.807, 2.05) is 0 Å². The summed E-state index contributed by atoms with van der Waals surface area (Å²) >= 11 is 0. The van der Waals surface area contributed by atoms with Crippen molar-refractivity contribution in [2.75, 3.05) is 7.11 Å². The molecule has 0 atom stereocenters. The van der Waals surface area contributed by atoms with E-state index in [9.17, 15) is 4.79 Å². The Morgan fingerprint density at radius 1 is 1.50 bits per heavy atom. The second-order valence-corrected chi connectivity index (χ2v) is 1.93. The summed E-state index contributed by atoms with van der Waals surface area (Å²) in [5, 5.41) is 14.0. The van der Waals surface area contributed by atoms with Crippen LogP contribution in [0.2, 0.25) is 0 Å². The number of hydrogen-bond acceptors (Lipinski definition) is 4. The summed E-state index contributed by atoms with van der Waals surface area (Å²) in [6, 6.07) is 0. The molecule has 0 saturated heterocycles. The first-order chi connectivity index (χ1) is 4.57. The molecule has 0 aliphatic rings. The van der Waals surface area contributed by atoms with E-state index in [-0.39, 0.29) is 17.8 Å². The standard InChI is InChI=1S/C6H10N2O2/c1-4(7)3-5(8)6(9)10-2/h7-8H,3H2,1-2H3. The van der Waals surface area contributed by atoms with Gasteiger partial charge in [-0.15, -0.1) is 0 Å². The lowest BCUT2D eigenvalue weighted by molar-refractivity contribution is -0.132. The van der Waals surface area contributed by atoms with Crippen LogP contribution in [0.5, 0.6) is 0 Å². The number of carbonyl (C=O) groups is 1. The Labute approximate surface area is 59.2 Å². The van der Waals surface area contributed by atoms with Gasteiger partial charge in [-0.05, 0) is 6.92 Å². The van der Waals surface area contributed by atoms with Gasteiger partial charge in [0.15, 0.2) is 0 Å². The molecule has 0 aliphatic carbocycles. The van der Waals surface area contributed by atoms with Crippen LogP contribution in [0.3, 0.4) is 0 Å². The molecule has 0 heterocycles. The summed E-state index contributed by atoms with van der Waals surface area (Å²) in [7, 11) is 1.22. The van der Waals surface area contributed by atoms with Crippen molar-refractivity contribution in [2.24, 2.45) is 0 Å². The van der Waals surface area contributed by atoms with Crippen molar-refractivity contribution in [3.05, 3.63) is 0 Å². The van der Waals surface area contributed by atoms with Crippen molar-refractivity contribution in [3.63, 3.8) is 0 Å². The van der Waals surface area contributed by atoms with Gasteiger partial charge in [0.25, 0.3) is 0 Å². The van der Waals surface area contributed by atoms with Gasteiger partial charge in [-0.25, -0.2) is 4.79 Å². The minimum atomic E-state index is -0.661. The minimum Gasteiger partial charge on any atom is -0.465 e. The Balaban J connectivity index is 3.86. The van der Waals surface area contributed by atoms with Crippen LogP contribution in [-0.2, 0) is 9.53 Å². The molecule has 0 aromatic carbocycles. The molecule has 0 saturated carbocycles. The molecule has 2 N–H and O–H groups in total. The maximum absolute atomic E-state index is 10.5. The third-order valence-electron chi connectivity index (χ3n) is 0.874. The van der Waals surface area contributed by atoms with E-state index in [0.717, 1.165) is 0 Å². The van der Waals surface area contributed by atoms with Crippen molar-refractivity contribution in [3.8, 4) is 0 Å². The van der Waals surface area contributed by atoms with E-state index in [1.54, 1.807) is 0 Å². The predicted molar refractivity (Wildman–Crippen MR) is 37.8 cm³/mol. The molecule has 56 valence electrons. The lowest BCUT2D eigenvalue weighted by Crippen LogP contribution is -2.16. The molecule has 4 heteroatoms. The smallest absolute Gasteiger partial charge is 0.352 e. The summed E-state index contributed by atoms with van der Waals surface area (Å²) in [5.41, 5.74) is 0.116. The first-order valence-corrected chi connectivity index (χ1v) is 2.77. The number of nitrogens with one attached hydrogen (secondary N) is 2. The van der Waals surface area contributed by atoms with Crippen molar-refractivity contribution in [1.82, 2.24) is 0 Å². The van der Waals surface area contributed by atoms with Gasteiger partial charge in [-0.1, -0.05) is 0 Å². The highest BCUT2D eigenvalue weighted by Crippen LogP contribution is 1.88. The topological polar surface area (TPSA) is 74.0 Å². The number of carbonyl (C=O) groups excluding carboxylic acids is 1. The van der Waals surface area contributed by atoms with Crippen LogP contribution in [0.1, 0.15) is 13.3 Å². The Morgan fingerprint density at radius 3 is 2.30 bits per heavy atom. The van der Waals surface area contributed by atoms with E-state index in [2.05, 4.69) is 4.74 Å². The maximum Gasteiger partial charge on any atom is 0.352 e. The monoisotopic (exact) mass is 142 g/mol. The number of rotatable bonds is 3. The predicted octanol–water partition coefficient (Wildman–Crippen LogP) is 0.609. The van der Waals surface area contributed by atoms with E-state index in [0.29, 0.717) is 0 Å². The Bertz CT molecular complexity index is 175. The zero-order valence-electron chi connectivity index (χ0n) is 6.02. The fraction of sp³-hybridized carbons (Fsp3) is 0.500. The van der Waals surface area contributed by atoms with Crippen molar-refractivity contribution in [1.29, 1.82) is 10.8 Å². The van der Waals surface area contributed by atoms with Gasteiger partial charge >= 0.3 is 5.97 Å². The fourth-order valence-corrected chi connectivity index (χ4v) is 0.461. The number of hydrogen-bond donors (Lipinski definition) is 2. The molecule has 0 spiro atoms. The summed E-state index contributed by atoms with van der Waals surface area (Å²) < 4.78 is 4.25. The average Bonchev–Trinajstić information content (AvgIpc) is 1.85. The van der Waals surface area contributed by atoms with Gasteiger partial charge < -0.3 is 10.1 Å². The number of esters is 1. The molecule has 0 aliphatic heterocycles. The SMILES string of the molecule is COC(=O)C(=N)CC(C)=N. The Kier molecular flexibility index (Phi) is 3.32. The molecular weight excluding hydrogens is 132 g/mol. The van der Waals surface area contributed by atoms with Crippen LogP contribution in [-0.4, -0.2) is 24.5 Å². The number of ether oxygens (including phenoxy) is 1. The molecule has 0 aromatic heterocycles. The van der Waals surface area contributed by atoms with Crippen LogP contribution >= 0.6 is 0 Å². The first-order valence-electron chi connectivity index (χ1n) is 2.77. The van der Waals surface area contributed by atoms with E-state index >= 15 is 0 Å². The highest BCUT2D eigenvalue weighted by molar-refractivity contribution is 6.38. The highest BCUT2D eigenvalue weighted by atomic mass is 16.5. The van der Waals surface area contributed by atoms with E-state index in [4.69, 9.17) is 10.8 Å². The summed E-state index contributed by atoms with van der Waals surface area (Å²) in [6.07, 6.45) is 0.0761. The Morgan fingerprint density at radius 2 is 2.00 bits per heavy atom. The van der Waals surface area contributed by atoms with Gasteiger partial charge in [0.1, 0.15) is 5.71 Å². The second-order valence-electron chi connectivity index (χ2n) is 1.93. The molecule has 0 unspecified atom stereocenters. The van der Waals surface area contributed by atoms with Gasteiger partial charge in [0.2, 0.25) is 0 Å². The third-order valence-corrected chi connectivity index (χ3v) is 0.874. The first kappa shape index (κ1) is 8.81. The quantitative estimate of drug-likeness (QED) is 0.447.